The lowest BCUT2D eigenvalue weighted by molar-refractivity contribution is -0.862. The predicted octanol–water partition coefficient (Wildman–Crippen LogP) is -1.53. The summed E-state index contributed by atoms with van der Waals surface area (Å²) in [6.07, 6.45) is -3.21. The van der Waals surface area contributed by atoms with Crippen molar-refractivity contribution in [3.05, 3.63) is 22.7 Å². The van der Waals surface area contributed by atoms with Crippen molar-refractivity contribution >= 4 is 11.9 Å². The SMILES string of the molecule is [N-]=[N+]=N[N+]1([C@@H]2O[C@H](CO)[C@@H](O)[C@H]2O)C=CC(N)=NC1=O. The van der Waals surface area contributed by atoms with Gasteiger partial charge in [-0.3, -0.25) is 0 Å². The molecule has 20 heavy (non-hydrogen) atoms. The van der Waals surface area contributed by atoms with Crippen LogP contribution in [-0.2, 0) is 4.74 Å². The van der Waals surface area contributed by atoms with E-state index in [2.05, 4.69) is 15.1 Å². The van der Waals surface area contributed by atoms with Crippen LogP contribution in [0.2, 0.25) is 0 Å². The summed E-state index contributed by atoms with van der Waals surface area (Å²) in [5.41, 5.74) is 14.0. The van der Waals surface area contributed by atoms with Gasteiger partial charge in [0, 0.05) is 11.6 Å². The standard InChI is InChI=1S/C9H12N6O5/c10-5-1-2-15(14-13-11,9(19)12-5)8-7(18)6(17)4(3-16)20-8/h1-2,4,6-8,16-18H,3H2,(H-,10,12,19)/p+1/t4-,6-,7-,8-,15?/m1/s1. The Morgan fingerprint density at radius 1 is 1.55 bits per heavy atom. The molecule has 0 aromatic carbocycles. The molecule has 108 valence electrons. The van der Waals surface area contributed by atoms with E-state index in [0.717, 1.165) is 6.20 Å². The molecule has 2 amide bonds. The van der Waals surface area contributed by atoms with Crippen molar-refractivity contribution in [3.8, 4) is 0 Å². The van der Waals surface area contributed by atoms with Crippen LogP contribution in [0.5, 0.6) is 0 Å². The van der Waals surface area contributed by atoms with Gasteiger partial charge in [0.1, 0.15) is 29.5 Å². The Kier molecular flexibility index (Phi) is 3.72. The minimum absolute atomic E-state index is 0.0939. The molecule has 1 fully saturated rings. The number of quaternary nitrogens is 1. The van der Waals surface area contributed by atoms with Crippen LogP contribution in [0.15, 0.2) is 22.5 Å². The first kappa shape index (κ1) is 14.4. The summed E-state index contributed by atoms with van der Waals surface area (Å²) in [5.74, 6) is -0.0939. The number of amidine groups is 1. The number of aliphatic hydroxyl groups excluding tert-OH is 3. The van der Waals surface area contributed by atoms with Crippen LogP contribution in [0.4, 0.5) is 4.79 Å². The highest BCUT2D eigenvalue weighted by Gasteiger charge is 2.58. The molecule has 2 rings (SSSR count). The van der Waals surface area contributed by atoms with E-state index in [1.807, 2.05) is 0 Å². The first-order valence-electron chi connectivity index (χ1n) is 5.61. The second-order valence-corrected chi connectivity index (χ2v) is 4.28. The summed E-state index contributed by atoms with van der Waals surface area (Å²) < 4.78 is 4.05. The summed E-state index contributed by atoms with van der Waals surface area (Å²) in [6.45, 7) is -0.575. The van der Waals surface area contributed by atoms with Gasteiger partial charge in [-0.2, -0.15) is 0 Å². The third kappa shape index (κ3) is 2.04. The molecule has 0 radical (unpaired) electrons. The minimum Gasteiger partial charge on any atom is -0.394 e. The van der Waals surface area contributed by atoms with E-state index in [9.17, 15) is 15.0 Å². The van der Waals surface area contributed by atoms with Crippen molar-refractivity contribution < 1.29 is 29.4 Å². The molecule has 0 saturated carbocycles. The Hall–Kier alpha value is -2.01. The third-order valence-electron chi connectivity index (χ3n) is 3.10. The van der Waals surface area contributed by atoms with Crippen molar-refractivity contribution in [1.29, 1.82) is 0 Å². The molecule has 2 heterocycles. The fourth-order valence-electron chi connectivity index (χ4n) is 2.07. The molecule has 0 aliphatic carbocycles. The fourth-order valence-corrected chi connectivity index (χ4v) is 2.07. The van der Waals surface area contributed by atoms with Crippen LogP contribution in [-0.4, -0.2) is 62.9 Å². The molecule has 5 N–H and O–H groups in total. The normalized spacial score (nSPS) is 40.4. The average Bonchev–Trinajstić information content (AvgIpc) is 2.70. The number of ether oxygens (including phenoxy) is 1. The van der Waals surface area contributed by atoms with E-state index >= 15 is 0 Å². The number of carbonyl (C=O) groups excluding carboxylic acids is 1. The summed E-state index contributed by atoms with van der Waals surface area (Å²) in [5, 5.41) is 32.0. The molecule has 2 aliphatic rings. The maximum Gasteiger partial charge on any atom is 0.466 e. The lowest BCUT2D eigenvalue weighted by Gasteiger charge is -2.30. The number of nitrogens with two attached hydrogens (primary N) is 1. The second kappa shape index (κ2) is 5.17. The number of carbonyl (C=O) groups is 1. The van der Waals surface area contributed by atoms with Crippen molar-refractivity contribution in [2.24, 2.45) is 15.9 Å². The Bertz CT molecular complexity index is 529. The lowest BCUT2D eigenvalue weighted by atomic mass is 10.1. The smallest absolute Gasteiger partial charge is 0.394 e. The van der Waals surface area contributed by atoms with Gasteiger partial charge in [0.05, 0.1) is 11.5 Å². The highest BCUT2D eigenvalue weighted by molar-refractivity contribution is 5.99. The van der Waals surface area contributed by atoms with Gasteiger partial charge in [0.25, 0.3) is 0 Å². The van der Waals surface area contributed by atoms with Crippen molar-refractivity contribution in [2.75, 3.05) is 6.61 Å². The number of azide groups is 1. The molecule has 11 heteroatoms. The van der Waals surface area contributed by atoms with Crippen molar-refractivity contribution in [2.45, 2.75) is 24.5 Å². The van der Waals surface area contributed by atoms with Crippen LogP contribution in [0.25, 0.3) is 10.4 Å². The van der Waals surface area contributed by atoms with Crippen LogP contribution >= 0.6 is 0 Å². The quantitative estimate of drug-likeness (QED) is 0.212. The lowest BCUT2D eigenvalue weighted by Crippen LogP contribution is -2.56. The summed E-state index contributed by atoms with van der Waals surface area (Å²) in [4.78, 5) is 18.0. The number of hydrogen-bond acceptors (Lipinski definition) is 7. The van der Waals surface area contributed by atoms with Gasteiger partial charge in [-0.1, -0.05) is 4.59 Å². The van der Waals surface area contributed by atoms with Crippen molar-refractivity contribution in [3.63, 3.8) is 0 Å². The largest absolute Gasteiger partial charge is 0.466 e. The number of aliphatic imine (C=N–C) groups is 1. The van der Waals surface area contributed by atoms with Gasteiger partial charge in [0.2, 0.25) is 6.23 Å². The van der Waals surface area contributed by atoms with Gasteiger partial charge in [-0.15, -0.1) is 4.99 Å². The average molecular weight is 285 g/mol. The summed E-state index contributed by atoms with van der Waals surface area (Å²) in [7, 11) is 0. The number of aliphatic hydroxyl groups is 3. The number of amides is 2. The Morgan fingerprint density at radius 2 is 2.25 bits per heavy atom. The molecule has 0 aromatic rings. The number of nitrogens with zero attached hydrogens (tertiary/aromatic N) is 5. The Balaban J connectivity index is 2.43. The minimum atomic E-state index is -1.55. The number of urea groups is 1. The zero-order valence-electron chi connectivity index (χ0n) is 10.1. The van der Waals surface area contributed by atoms with Gasteiger partial charge < -0.3 is 25.8 Å². The zero-order chi connectivity index (χ0) is 14.9. The van der Waals surface area contributed by atoms with E-state index < -0.39 is 41.8 Å². The molecular weight excluding hydrogens is 272 g/mol. The maximum atomic E-state index is 12.0. The van der Waals surface area contributed by atoms with E-state index in [1.54, 1.807) is 0 Å². The topological polar surface area (TPSA) is 174 Å². The molecule has 0 aromatic heterocycles. The van der Waals surface area contributed by atoms with E-state index in [1.165, 1.54) is 6.08 Å². The first-order chi connectivity index (χ1) is 9.46. The molecule has 5 atom stereocenters. The van der Waals surface area contributed by atoms with Gasteiger partial charge in [-0.25, -0.2) is 4.79 Å². The third-order valence-corrected chi connectivity index (χ3v) is 3.10. The molecular formula is C9H13N6O5+. The first-order valence-corrected chi connectivity index (χ1v) is 5.61. The monoisotopic (exact) mass is 285 g/mol. The Morgan fingerprint density at radius 3 is 2.75 bits per heavy atom. The summed E-state index contributed by atoms with van der Waals surface area (Å²) in [6, 6.07) is -0.974. The molecule has 1 saturated heterocycles. The van der Waals surface area contributed by atoms with Gasteiger partial charge >= 0.3 is 6.03 Å². The maximum absolute atomic E-state index is 12.0. The highest BCUT2D eigenvalue weighted by atomic mass is 16.6. The summed E-state index contributed by atoms with van der Waals surface area (Å²) >= 11 is 0. The Labute approximate surface area is 112 Å². The van der Waals surface area contributed by atoms with Gasteiger partial charge in [0.15, 0.2) is 6.10 Å². The highest BCUT2D eigenvalue weighted by Crippen LogP contribution is 2.33. The van der Waals surface area contributed by atoms with Crippen molar-refractivity contribution in [1.82, 2.24) is 0 Å². The molecule has 2 aliphatic heterocycles. The van der Waals surface area contributed by atoms with Gasteiger partial charge in [-0.05, 0) is 0 Å². The number of rotatable bonds is 3. The number of hydrogen-bond donors (Lipinski definition) is 4. The molecule has 0 bridgehead atoms. The zero-order valence-corrected chi connectivity index (χ0v) is 10.1. The van der Waals surface area contributed by atoms with E-state index in [-0.39, 0.29) is 5.84 Å². The van der Waals surface area contributed by atoms with E-state index in [0.29, 0.717) is 0 Å². The van der Waals surface area contributed by atoms with Crippen LogP contribution in [0.1, 0.15) is 0 Å². The van der Waals surface area contributed by atoms with Crippen LogP contribution in [0.3, 0.4) is 0 Å². The predicted molar refractivity (Wildman–Crippen MR) is 63.3 cm³/mol. The second-order valence-electron chi connectivity index (χ2n) is 4.28. The van der Waals surface area contributed by atoms with Crippen LogP contribution < -0.4 is 5.73 Å². The van der Waals surface area contributed by atoms with E-state index in [4.69, 9.17) is 21.1 Å². The molecule has 1 unspecified atom stereocenters. The van der Waals surface area contributed by atoms with Crippen LogP contribution in [0, 0.1) is 0 Å². The molecule has 0 spiro atoms. The fraction of sp³-hybridized carbons (Fsp3) is 0.556. The molecule has 11 nitrogen and oxygen atoms in total.